The van der Waals surface area contributed by atoms with E-state index < -0.39 is 0 Å². The minimum atomic E-state index is 0.466. The summed E-state index contributed by atoms with van der Waals surface area (Å²) in [5, 5.41) is 0. The summed E-state index contributed by atoms with van der Waals surface area (Å²) < 4.78 is 29.6. The predicted octanol–water partition coefficient (Wildman–Crippen LogP) is 19.7. The molecule has 0 N–H and O–H groups in total. The molecular formula is C72H104O4. The molecule has 4 aromatic carbocycles. The van der Waals surface area contributed by atoms with Crippen molar-refractivity contribution in [3.05, 3.63) is 166 Å². The number of ether oxygens (including phenoxy) is 4. The van der Waals surface area contributed by atoms with Crippen molar-refractivity contribution in [2.45, 2.75) is 209 Å². The van der Waals surface area contributed by atoms with Gasteiger partial charge in [-0.15, -0.1) is 26.3 Å². The van der Waals surface area contributed by atoms with Crippen LogP contribution < -0.4 is 18.9 Å². The summed E-state index contributed by atoms with van der Waals surface area (Å²) in [5.74, 6) is 5.88. The van der Waals surface area contributed by atoms with E-state index in [0.717, 1.165) is 100 Å². The van der Waals surface area contributed by atoms with Crippen LogP contribution in [-0.2, 0) is 51.4 Å². The third-order valence-corrected chi connectivity index (χ3v) is 16.3. The van der Waals surface area contributed by atoms with Gasteiger partial charge in [0, 0.05) is 25.7 Å². The van der Waals surface area contributed by atoms with Crippen molar-refractivity contribution in [1.82, 2.24) is 0 Å². The molecule has 0 aromatic heterocycles. The highest BCUT2D eigenvalue weighted by atomic mass is 16.5. The molecule has 1 aliphatic carbocycles. The van der Waals surface area contributed by atoms with Gasteiger partial charge in [0.15, 0.2) is 0 Å². The summed E-state index contributed by atoms with van der Waals surface area (Å²) in [4.78, 5) is 0. The van der Waals surface area contributed by atoms with Gasteiger partial charge in [-0.1, -0.05) is 205 Å². The van der Waals surface area contributed by atoms with Crippen LogP contribution in [0.4, 0.5) is 0 Å². The molecule has 0 spiro atoms. The molecule has 5 rings (SSSR count). The third kappa shape index (κ3) is 18.6. The number of allylic oxidation sites excluding steroid dienone is 4. The summed E-state index contributed by atoms with van der Waals surface area (Å²) in [7, 11) is 0. The van der Waals surface area contributed by atoms with Crippen LogP contribution in [0.15, 0.2) is 99.2 Å². The lowest BCUT2D eigenvalue weighted by Crippen LogP contribution is -2.17. The molecule has 0 saturated heterocycles. The zero-order chi connectivity index (χ0) is 54.7. The Bertz CT molecular complexity index is 1980. The molecule has 4 atom stereocenters. The molecule has 4 nitrogen and oxygen atoms in total. The van der Waals surface area contributed by atoms with Gasteiger partial charge in [-0.3, -0.25) is 0 Å². The van der Waals surface area contributed by atoms with E-state index >= 15 is 0 Å². The zero-order valence-electron chi connectivity index (χ0n) is 49.5. The first-order valence-electron chi connectivity index (χ1n) is 30.7. The Kier molecular flexibility index (Phi) is 27.7. The van der Waals surface area contributed by atoms with Crippen LogP contribution in [0.5, 0.6) is 23.0 Å². The van der Waals surface area contributed by atoms with E-state index in [1.807, 2.05) is 24.3 Å². The standard InChI is InChI=1S/C72H104O4/c1-13-25-33-53(21-9)49-73-69-61-37-57(29-17-5)38-62(69)46-64-40-59(31-19-7)42-66(71(64)75-51-55(23-11)35-27-15-3)48-68-44-60(32-20-8)43-67(72(68)76-52-56(24-12)36-28-16-4)47-65-41-58(30-18-6)39-63(45-61)70(65)74-50-54(22-10)34-26-14-2/h17-20,37-44,53-56H,5-8,13-16,21-36,45-52H2,1-4,9-12H3. The van der Waals surface area contributed by atoms with E-state index in [2.05, 4.69) is 130 Å². The number of rotatable bonds is 36. The molecule has 0 fully saturated rings. The van der Waals surface area contributed by atoms with Gasteiger partial charge in [-0.05, 0) is 142 Å². The number of unbranched alkanes of at least 4 members (excludes halogenated alkanes) is 4. The highest BCUT2D eigenvalue weighted by Crippen LogP contribution is 2.42. The SMILES string of the molecule is C=CCc1cc2c(OCC(CC)CCCC)c(c1)Cc1cc(CC=C)cc(c1OCC(CC)CCCC)Cc1cc(CC=C)cc(c1OCC(CC)CCCC)Cc1cc(CC=C)cc(c1OCC(CC)CCCC)C2. The molecule has 0 amide bonds. The Morgan fingerprint density at radius 1 is 0.329 bits per heavy atom. The van der Waals surface area contributed by atoms with Crippen molar-refractivity contribution < 1.29 is 18.9 Å². The molecule has 76 heavy (non-hydrogen) atoms. The van der Waals surface area contributed by atoms with Crippen molar-refractivity contribution >= 4 is 0 Å². The molecule has 0 heterocycles. The van der Waals surface area contributed by atoms with Gasteiger partial charge >= 0.3 is 0 Å². The van der Waals surface area contributed by atoms with E-state index in [-0.39, 0.29) is 0 Å². The quantitative estimate of drug-likeness (QED) is 0.0375. The van der Waals surface area contributed by atoms with Crippen LogP contribution in [0.3, 0.4) is 0 Å². The van der Waals surface area contributed by atoms with Gasteiger partial charge in [0.05, 0.1) is 26.4 Å². The largest absolute Gasteiger partial charge is 0.493 e. The average molecular weight is 1030 g/mol. The molecule has 4 heteroatoms. The lowest BCUT2D eigenvalue weighted by atomic mass is 9.87. The maximum Gasteiger partial charge on any atom is 0.126 e. The van der Waals surface area contributed by atoms with E-state index in [4.69, 9.17) is 18.9 Å². The van der Waals surface area contributed by atoms with Gasteiger partial charge in [0.1, 0.15) is 23.0 Å². The maximum absolute atomic E-state index is 7.40. The topological polar surface area (TPSA) is 36.9 Å². The fourth-order valence-corrected chi connectivity index (χ4v) is 11.5. The molecule has 0 radical (unpaired) electrons. The van der Waals surface area contributed by atoms with Crippen molar-refractivity contribution in [3.8, 4) is 23.0 Å². The third-order valence-electron chi connectivity index (χ3n) is 16.3. The minimum Gasteiger partial charge on any atom is -0.493 e. The summed E-state index contributed by atoms with van der Waals surface area (Å²) in [5.41, 5.74) is 14.6. The molecule has 4 aromatic rings. The fourth-order valence-electron chi connectivity index (χ4n) is 11.5. The lowest BCUT2D eigenvalue weighted by molar-refractivity contribution is 0.226. The van der Waals surface area contributed by atoms with Gasteiger partial charge in [-0.25, -0.2) is 0 Å². The van der Waals surface area contributed by atoms with Crippen LogP contribution in [0.25, 0.3) is 0 Å². The zero-order valence-corrected chi connectivity index (χ0v) is 49.5. The van der Waals surface area contributed by atoms with E-state index in [1.165, 1.54) is 118 Å². The van der Waals surface area contributed by atoms with E-state index in [0.29, 0.717) is 75.8 Å². The van der Waals surface area contributed by atoms with Crippen molar-refractivity contribution in [3.63, 3.8) is 0 Å². The first-order chi connectivity index (χ1) is 37.1. The number of fused-ring (bicyclic) bond motifs is 8. The second kappa shape index (κ2) is 34.0. The first-order valence-corrected chi connectivity index (χ1v) is 30.7. The normalized spacial score (nSPS) is 13.8. The molecule has 1 aliphatic rings. The average Bonchev–Trinajstić information content (AvgIpc) is 3.42. The summed E-state index contributed by atoms with van der Waals surface area (Å²) in [6, 6.07) is 19.3. The number of benzene rings is 4. The highest BCUT2D eigenvalue weighted by molar-refractivity contribution is 5.59. The lowest BCUT2D eigenvalue weighted by Gasteiger charge is -2.27. The first kappa shape index (κ1) is 61.9. The summed E-state index contributed by atoms with van der Waals surface area (Å²) in [6.07, 6.45) is 32.4. The number of hydrogen-bond donors (Lipinski definition) is 0. The van der Waals surface area contributed by atoms with Gasteiger partial charge in [0.2, 0.25) is 0 Å². The summed E-state index contributed by atoms with van der Waals surface area (Å²) >= 11 is 0. The maximum atomic E-state index is 7.40. The molecular weight excluding hydrogens is 929 g/mol. The molecule has 0 aliphatic heterocycles. The van der Waals surface area contributed by atoms with Gasteiger partial charge < -0.3 is 18.9 Å². The van der Waals surface area contributed by atoms with Gasteiger partial charge in [-0.2, -0.15) is 0 Å². The van der Waals surface area contributed by atoms with E-state index in [1.54, 1.807) is 0 Å². The van der Waals surface area contributed by atoms with Crippen molar-refractivity contribution in [1.29, 1.82) is 0 Å². The Morgan fingerprint density at radius 3 is 0.658 bits per heavy atom. The van der Waals surface area contributed by atoms with Crippen LogP contribution >= 0.6 is 0 Å². The van der Waals surface area contributed by atoms with Crippen LogP contribution in [0, 0.1) is 23.7 Å². The highest BCUT2D eigenvalue weighted by Gasteiger charge is 2.26. The molecule has 0 saturated carbocycles. The molecule has 4 unspecified atom stereocenters. The second-order valence-electron chi connectivity index (χ2n) is 22.6. The number of hydrogen-bond acceptors (Lipinski definition) is 4. The smallest absolute Gasteiger partial charge is 0.126 e. The van der Waals surface area contributed by atoms with E-state index in [9.17, 15) is 0 Å². The van der Waals surface area contributed by atoms with Crippen LogP contribution in [0.2, 0.25) is 0 Å². The van der Waals surface area contributed by atoms with Crippen LogP contribution in [-0.4, -0.2) is 26.4 Å². The monoisotopic (exact) mass is 1030 g/mol. The minimum absolute atomic E-state index is 0.466. The predicted molar refractivity (Wildman–Crippen MR) is 328 cm³/mol. The fraction of sp³-hybridized carbons (Fsp3) is 0.556. The van der Waals surface area contributed by atoms with Crippen LogP contribution in [0.1, 0.15) is 225 Å². The summed E-state index contributed by atoms with van der Waals surface area (Å²) in [6.45, 7) is 38.3. The Balaban J connectivity index is 1.94. The Morgan fingerprint density at radius 2 is 0.513 bits per heavy atom. The van der Waals surface area contributed by atoms with Gasteiger partial charge in [0.25, 0.3) is 0 Å². The Labute approximate surface area is 465 Å². The van der Waals surface area contributed by atoms with Crippen molar-refractivity contribution in [2.75, 3.05) is 26.4 Å². The second-order valence-corrected chi connectivity index (χ2v) is 22.6. The van der Waals surface area contributed by atoms with Crippen molar-refractivity contribution in [2.24, 2.45) is 23.7 Å². The molecule has 416 valence electrons. The Hall–Kier alpha value is -4.96. The molecule has 8 bridgehead atoms.